The lowest BCUT2D eigenvalue weighted by Crippen LogP contribution is -2.32. The number of nitrogens with one attached hydrogen (secondary N) is 2. The molecule has 0 bridgehead atoms. The van der Waals surface area contributed by atoms with Crippen molar-refractivity contribution in [2.75, 3.05) is 37.8 Å². The van der Waals surface area contributed by atoms with Crippen LogP contribution in [0.1, 0.15) is 39.1 Å². The van der Waals surface area contributed by atoms with Crippen LogP contribution in [0.5, 0.6) is 0 Å². The minimum absolute atomic E-state index is 0.0406. The van der Waals surface area contributed by atoms with Crippen molar-refractivity contribution in [3.63, 3.8) is 0 Å². The van der Waals surface area contributed by atoms with E-state index in [2.05, 4.69) is 41.4 Å². The molecular weight excluding hydrogens is 266 g/mol. The maximum Gasteiger partial charge on any atom is 0.241 e. The summed E-state index contributed by atoms with van der Waals surface area (Å²) >= 11 is 0. The van der Waals surface area contributed by atoms with E-state index < -0.39 is 0 Å². The molecule has 1 heterocycles. The summed E-state index contributed by atoms with van der Waals surface area (Å²) in [6, 6.07) is 0. The van der Waals surface area contributed by atoms with Crippen molar-refractivity contribution < 1.29 is 4.79 Å². The maximum absolute atomic E-state index is 11.9. The molecule has 2 N–H and O–H groups in total. The molecule has 0 unspecified atom stereocenters. The number of carbonyl (C=O) groups excluding carboxylic acids is 1. The molecule has 0 saturated carbocycles. The summed E-state index contributed by atoms with van der Waals surface area (Å²) in [5.41, 5.74) is 0.761. The summed E-state index contributed by atoms with van der Waals surface area (Å²) in [5.74, 6) is 2.28. The molecule has 6 nitrogen and oxygen atoms in total. The van der Waals surface area contributed by atoms with E-state index in [4.69, 9.17) is 0 Å². The molecule has 0 aliphatic rings. The summed E-state index contributed by atoms with van der Waals surface area (Å²) < 4.78 is 0. The Bertz CT molecular complexity index is 508. The first-order valence-electron chi connectivity index (χ1n) is 7.25. The zero-order chi connectivity index (χ0) is 16.2. The summed E-state index contributed by atoms with van der Waals surface area (Å²) in [4.78, 5) is 22.7. The Labute approximate surface area is 127 Å². The Hall–Kier alpha value is -1.85. The van der Waals surface area contributed by atoms with Gasteiger partial charge in [-0.15, -0.1) is 0 Å². The highest BCUT2D eigenvalue weighted by Gasteiger charge is 2.21. The lowest BCUT2D eigenvalue weighted by atomic mass is 9.95. The fourth-order valence-corrected chi connectivity index (χ4v) is 1.74. The quantitative estimate of drug-likeness (QED) is 0.869. The third kappa shape index (κ3) is 4.31. The van der Waals surface area contributed by atoms with Crippen LogP contribution in [0.2, 0.25) is 0 Å². The molecule has 0 atom stereocenters. The molecule has 0 aromatic carbocycles. The van der Waals surface area contributed by atoms with Crippen molar-refractivity contribution >= 4 is 17.5 Å². The Kier molecular flexibility index (Phi) is 5.52. The number of anilines is 2. The highest BCUT2D eigenvalue weighted by Crippen LogP contribution is 2.25. The molecule has 0 saturated heterocycles. The zero-order valence-electron chi connectivity index (χ0n) is 14.2. The van der Waals surface area contributed by atoms with Gasteiger partial charge < -0.3 is 15.5 Å². The normalized spacial score (nSPS) is 11.2. The molecule has 1 aromatic heterocycles. The third-order valence-electron chi connectivity index (χ3n) is 3.36. The first-order valence-corrected chi connectivity index (χ1v) is 7.25. The fourth-order valence-electron chi connectivity index (χ4n) is 1.74. The van der Waals surface area contributed by atoms with Gasteiger partial charge in [-0.05, 0) is 13.8 Å². The monoisotopic (exact) mass is 293 g/mol. The molecule has 6 heteroatoms. The van der Waals surface area contributed by atoms with Gasteiger partial charge in [-0.2, -0.15) is 0 Å². The molecule has 0 fully saturated rings. The van der Waals surface area contributed by atoms with E-state index in [1.807, 2.05) is 20.9 Å². The summed E-state index contributed by atoms with van der Waals surface area (Å²) in [6.45, 7) is 11.0. The van der Waals surface area contributed by atoms with E-state index >= 15 is 0 Å². The lowest BCUT2D eigenvalue weighted by Gasteiger charge is -2.21. The molecule has 1 amide bonds. The number of likely N-dealkylation sites (N-methyl/N-ethyl adjacent to an activating group) is 1. The van der Waals surface area contributed by atoms with Crippen molar-refractivity contribution in [2.45, 2.75) is 40.0 Å². The molecular formula is C15H27N5O. The van der Waals surface area contributed by atoms with E-state index in [9.17, 15) is 4.79 Å². The van der Waals surface area contributed by atoms with Crippen LogP contribution in [-0.4, -0.2) is 48.0 Å². The molecule has 118 valence electrons. The van der Waals surface area contributed by atoms with Gasteiger partial charge in [0.15, 0.2) is 0 Å². The highest BCUT2D eigenvalue weighted by molar-refractivity contribution is 5.80. The topological polar surface area (TPSA) is 70.2 Å². The van der Waals surface area contributed by atoms with E-state index in [1.165, 1.54) is 0 Å². The van der Waals surface area contributed by atoms with Crippen molar-refractivity contribution in [1.29, 1.82) is 0 Å². The van der Waals surface area contributed by atoms with Gasteiger partial charge in [-0.25, -0.2) is 9.97 Å². The summed E-state index contributed by atoms with van der Waals surface area (Å²) in [5, 5.41) is 6.22. The predicted octanol–water partition coefficient (Wildman–Crippen LogP) is 2.01. The van der Waals surface area contributed by atoms with Crippen molar-refractivity contribution in [3.8, 4) is 0 Å². The average Bonchev–Trinajstić information content (AvgIpc) is 2.43. The van der Waals surface area contributed by atoms with E-state index in [-0.39, 0.29) is 17.9 Å². The van der Waals surface area contributed by atoms with Gasteiger partial charge in [0.2, 0.25) is 5.91 Å². The first kappa shape index (κ1) is 17.2. The Balaban J connectivity index is 3.03. The van der Waals surface area contributed by atoms with Crippen LogP contribution in [0.3, 0.4) is 0 Å². The maximum atomic E-state index is 11.9. The number of hydrogen-bond acceptors (Lipinski definition) is 5. The van der Waals surface area contributed by atoms with Gasteiger partial charge in [-0.3, -0.25) is 4.79 Å². The SMILES string of the molecule is CCN(C)C(=O)CNc1nc(C(C)(C)C)nc(NC)c1C. The number of amides is 1. The van der Waals surface area contributed by atoms with Crippen LogP contribution in [-0.2, 0) is 10.2 Å². The second kappa shape index (κ2) is 6.74. The van der Waals surface area contributed by atoms with Gasteiger partial charge in [0, 0.05) is 31.6 Å². The summed E-state index contributed by atoms with van der Waals surface area (Å²) in [6.07, 6.45) is 0. The standard InChI is InChI=1S/C15H27N5O/c1-8-20(7)11(21)9-17-13-10(2)12(16-6)18-14(19-13)15(3,4)5/h8-9H2,1-7H3,(H2,16,17,18,19). The first-order chi connectivity index (χ1) is 9.70. The second-order valence-corrected chi connectivity index (χ2v) is 6.13. The van der Waals surface area contributed by atoms with Gasteiger partial charge in [0.1, 0.15) is 17.5 Å². The van der Waals surface area contributed by atoms with Crippen molar-refractivity contribution in [3.05, 3.63) is 11.4 Å². The van der Waals surface area contributed by atoms with E-state index in [0.29, 0.717) is 12.4 Å². The van der Waals surface area contributed by atoms with Crippen LogP contribution in [0.15, 0.2) is 0 Å². The molecule has 0 spiro atoms. The van der Waals surface area contributed by atoms with Gasteiger partial charge >= 0.3 is 0 Å². The van der Waals surface area contributed by atoms with Crippen LogP contribution < -0.4 is 10.6 Å². The van der Waals surface area contributed by atoms with Crippen molar-refractivity contribution in [2.24, 2.45) is 0 Å². The van der Waals surface area contributed by atoms with Gasteiger partial charge in [-0.1, -0.05) is 20.8 Å². The van der Waals surface area contributed by atoms with E-state index in [0.717, 1.165) is 17.2 Å². The number of hydrogen-bond donors (Lipinski definition) is 2. The third-order valence-corrected chi connectivity index (χ3v) is 3.36. The lowest BCUT2D eigenvalue weighted by molar-refractivity contribution is -0.127. The Morgan fingerprint density at radius 2 is 1.81 bits per heavy atom. The van der Waals surface area contributed by atoms with Crippen molar-refractivity contribution in [1.82, 2.24) is 14.9 Å². The number of aromatic nitrogens is 2. The second-order valence-electron chi connectivity index (χ2n) is 6.13. The highest BCUT2D eigenvalue weighted by atomic mass is 16.2. The van der Waals surface area contributed by atoms with Gasteiger partial charge in [0.05, 0.1) is 6.54 Å². The van der Waals surface area contributed by atoms with Gasteiger partial charge in [0.25, 0.3) is 0 Å². The molecule has 1 aromatic rings. The van der Waals surface area contributed by atoms with Crippen LogP contribution >= 0.6 is 0 Å². The van der Waals surface area contributed by atoms with Crippen LogP contribution in [0.4, 0.5) is 11.6 Å². The smallest absolute Gasteiger partial charge is 0.241 e. The van der Waals surface area contributed by atoms with E-state index in [1.54, 1.807) is 11.9 Å². The molecule has 0 aliphatic heterocycles. The molecule has 0 aliphatic carbocycles. The van der Waals surface area contributed by atoms with Crippen LogP contribution in [0.25, 0.3) is 0 Å². The molecule has 0 radical (unpaired) electrons. The average molecular weight is 293 g/mol. The summed E-state index contributed by atoms with van der Waals surface area (Å²) in [7, 11) is 3.62. The fraction of sp³-hybridized carbons (Fsp3) is 0.667. The number of rotatable bonds is 5. The predicted molar refractivity (Wildman–Crippen MR) is 86.8 cm³/mol. The molecule has 1 rings (SSSR count). The van der Waals surface area contributed by atoms with Crippen LogP contribution in [0, 0.1) is 6.92 Å². The number of carbonyl (C=O) groups is 1. The number of nitrogens with zero attached hydrogens (tertiary/aromatic N) is 3. The Morgan fingerprint density at radius 3 is 2.29 bits per heavy atom. The minimum Gasteiger partial charge on any atom is -0.373 e. The Morgan fingerprint density at radius 1 is 1.24 bits per heavy atom. The largest absolute Gasteiger partial charge is 0.373 e. The zero-order valence-corrected chi connectivity index (χ0v) is 14.2. The molecule has 21 heavy (non-hydrogen) atoms. The minimum atomic E-state index is -0.153.